The Morgan fingerprint density at radius 2 is 1.94 bits per heavy atom. The number of benzene rings is 1. The van der Waals surface area contributed by atoms with Gasteiger partial charge in [0.15, 0.2) is 0 Å². The highest BCUT2D eigenvalue weighted by Crippen LogP contribution is 2.45. The number of nitriles is 1. The molecule has 0 aromatic heterocycles. The summed E-state index contributed by atoms with van der Waals surface area (Å²) in [6.07, 6.45) is 2.63. The van der Waals surface area contributed by atoms with Gasteiger partial charge in [-0.25, -0.2) is 0 Å². The second-order valence-electron chi connectivity index (χ2n) is 5.27. The van der Waals surface area contributed by atoms with E-state index in [1.165, 1.54) is 18.4 Å². The van der Waals surface area contributed by atoms with E-state index in [4.69, 9.17) is 0 Å². The number of hydrogen-bond donors (Lipinski definition) is 1. The summed E-state index contributed by atoms with van der Waals surface area (Å²) < 4.78 is 0. The molecular weight excluding hydrogens is 222 g/mol. The SMILES string of the molecule is N#Cc1ccccc1[C@@H](C1CC1)N1CCNCC1. The second-order valence-corrected chi connectivity index (χ2v) is 5.27. The maximum atomic E-state index is 9.29. The maximum Gasteiger partial charge on any atom is 0.0995 e. The second kappa shape index (κ2) is 5.09. The Kier molecular flexibility index (Phi) is 3.31. The first-order chi connectivity index (χ1) is 8.90. The number of nitrogens with one attached hydrogen (secondary N) is 1. The van der Waals surface area contributed by atoms with Crippen LogP contribution in [0.5, 0.6) is 0 Å². The minimum atomic E-state index is 0.461. The van der Waals surface area contributed by atoms with Crippen molar-refractivity contribution in [2.45, 2.75) is 18.9 Å². The van der Waals surface area contributed by atoms with E-state index in [9.17, 15) is 5.26 Å². The summed E-state index contributed by atoms with van der Waals surface area (Å²) in [5.74, 6) is 0.762. The fraction of sp³-hybridized carbons (Fsp3) is 0.533. The summed E-state index contributed by atoms with van der Waals surface area (Å²) >= 11 is 0. The quantitative estimate of drug-likeness (QED) is 0.878. The highest BCUT2D eigenvalue weighted by Gasteiger charge is 2.37. The van der Waals surface area contributed by atoms with Crippen LogP contribution in [0, 0.1) is 17.2 Å². The molecule has 2 aliphatic rings. The van der Waals surface area contributed by atoms with Gasteiger partial charge in [0.25, 0.3) is 0 Å². The summed E-state index contributed by atoms with van der Waals surface area (Å²) in [6, 6.07) is 10.9. The molecule has 0 bridgehead atoms. The van der Waals surface area contributed by atoms with Gasteiger partial charge in [0.2, 0.25) is 0 Å². The number of piperazine rings is 1. The first kappa shape index (κ1) is 11.7. The van der Waals surface area contributed by atoms with Crippen molar-refractivity contribution < 1.29 is 0 Å². The largest absolute Gasteiger partial charge is 0.314 e. The zero-order valence-corrected chi connectivity index (χ0v) is 10.6. The number of rotatable bonds is 3. The Bertz CT molecular complexity index is 453. The molecule has 1 saturated heterocycles. The predicted molar refractivity (Wildman–Crippen MR) is 71.1 cm³/mol. The van der Waals surface area contributed by atoms with Gasteiger partial charge < -0.3 is 5.32 Å². The van der Waals surface area contributed by atoms with Crippen molar-refractivity contribution in [2.75, 3.05) is 26.2 Å². The Balaban J connectivity index is 1.91. The third-order valence-corrected chi connectivity index (χ3v) is 4.01. The fourth-order valence-corrected chi connectivity index (χ4v) is 2.98. The van der Waals surface area contributed by atoms with Gasteiger partial charge in [0, 0.05) is 32.2 Å². The van der Waals surface area contributed by atoms with Crippen LogP contribution in [0.2, 0.25) is 0 Å². The van der Waals surface area contributed by atoms with Crippen molar-refractivity contribution in [3.8, 4) is 6.07 Å². The van der Waals surface area contributed by atoms with Gasteiger partial charge in [-0.1, -0.05) is 18.2 Å². The van der Waals surface area contributed by atoms with Crippen LogP contribution in [-0.2, 0) is 0 Å². The maximum absolute atomic E-state index is 9.29. The van der Waals surface area contributed by atoms with Gasteiger partial charge in [-0.05, 0) is 30.4 Å². The molecule has 0 spiro atoms. The van der Waals surface area contributed by atoms with E-state index in [2.05, 4.69) is 28.4 Å². The normalized spacial score (nSPS) is 22.4. The first-order valence-corrected chi connectivity index (χ1v) is 6.84. The van der Waals surface area contributed by atoms with Crippen molar-refractivity contribution in [1.29, 1.82) is 5.26 Å². The zero-order chi connectivity index (χ0) is 12.4. The molecule has 0 radical (unpaired) electrons. The summed E-state index contributed by atoms with van der Waals surface area (Å²) in [5, 5.41) is 12.7. The van der Waals surface area contributed by atoms with Gasteiger partial charge >= 0.3 is 0 Å². The molecule has 2 fully saturated rings. The number of nitrogens with zero attached hydrogens (tertiary/aromatic N) is 2. The molecule has 1 N–H and O–H groups in total. The Morgan fingerprint density at radius 1 is 1.22 bits per heavy atom. The molecule has 18 heavy (non-hydrogen) atoms. The fourth-order valence-electron chi connectivity index (χ4n) is 2.98. The lowest BCUT2D eigenvalue weighted by atomic mass is 9.95. The van der Waals surface area contributed by atoms with Crippen molar-refractivity contribution in [3.63, 3.8) is 0 Å². The van der Waals surface area contributed by atoms with E-state index in [1.54, 1.807) is 0 Å². The molecule has 1 atom stereocenters. The van der Waals surface area contributed by atoms with E-state index in [-0.39, 0.29) is 0 Å². The summed E-state index contributed by atoms with van der Waals surface area (Å²) in [4.78, 5) is 2.56. The number of hydrogen-bond acceptors (Lipinski definition) is 3. The summed E-state index contributed by atoms with van der Waals surface area (Å²) in [6.45, 7) is 4.33. The van der Waals surface area contributed by atoms with Crippen molar-refractivity contribution in [3.05, 3.63) is 35.4 Å². The van der Waals surface area contributed by atoms with Crippen LogP contribution < -0.4 is 5.32 Å². The van der Waals surface area contributed by atoms with E-state index in [0.717, 1.165) is 37.7 Å². The van der Waals surface area contributed by atoms with Crippen LogP contribution >= 0.6 is 0 Å². The topological polar surface area (TPSA) is 39.1 Å². The van der Waals surface area contributed by atoms with E-state index >= 15 is 0 Å². The Labute approximate surface area is 108 Å². The van der Waals surface area contributed by atoms with Gasteiger partial charge in [-0.3, -0.25) is 4.90 Å². The average Bonchev–Trinajstić information content (AvgIpc) is 3.26. The van der Waals surface area contributed by atoms with Gasteiger partial charge in [0.1, 0.15) is 0 Å². The highest BCUT2D eigenvalue weighted by molar-refractivity contribution is 5.40. The molecule has 94 valence electrons. The van der Waals surface area contributed by atoms with Crippen LogP contribution in [0.15, 0.2) is 24.3 Å². The monoisotopic (exact) mass is 241 g/mol. The summed E-state index contributed by atoms with van der Waals surface area (Å²) in [7, 11) is 0. The molecule has 1 saturated carbocycles. The van der Waals surface area contributed by atoms with Crippen molar-refractivity contribution in [2.24, 2.45) is 5.92 Å². The minimum absolute atomic E-state index is 0.461. The minimum Gasteiger partial charge on any atom is -0.314 e. The van der Waals surface area contributed by atoms with E-state index < -0.39 is 0 Å². The van der Waals surface area contributed by atoms with E-state index in [0.29, 0.717) is 6.04 Å². The van der Waals surface area contributed by atoms with Crippen LogP contribution in [0.4, 0.5) is 0 Å². The van der Waals surface area contributed by atoms with Gasteiger partial charge in [0.05, 0.1) is 11.6 Å². The molecule has 1 aromatic carbocycles. The van der Waals surface area contributed by atoms with Crippen molar-refractivity contribution >= 4 is 0 Å². The third-order valence-electron chi connectivity index (χ3n) is 4.01. The molecular formula is C15H19N3. The predicted octanol–water partition coefficient (Wildman–Crippen LogP) is 1.91. The average molecular weight is 241 g/mol. The molecule has 0 amide bonds. The van der Waals surface area contributed by atoms with Crippen molar-refractivity contribution in [1.82, 2.24) is 10.2 Å². The van der Waals surface area contributed by atoms with Crippen LogP contribution in [0.25, 0.3) is 0 Å². The van der Waals surface area contributed by atoms with Gasteiger partial charge in [-0.2, -0.15) is 5.26 Å². The molecule has 1 aliphatic carbocycles. The zero-order valence-electron chi connectivity index (χ0n) is 10.6. The molecule has 3 heteroatoms. The van der Waals surface area contributed by atoms with Crippen LogP contribution in [-0.4, -0.2) is 31.1 Å². The first-order valence-electron chi connectivity index (χ1n) is 6.84. The van der Waals surface area contributed by atoms with Gasteiger partial charge in [-0.15, -0.1) is 0 Å². The molecule has 0 unspecified atom stereocenters. The molecule has 3 rings (SSSR count). The Hall–Kier alpha value is -1.37. The lowest BCUT2D eigenvalue weighted by Gasteiger charge is -2.35. The lowest BCUT2D eigenvalue weighted by molar-refractivity contribution is 0.156. The van der Waals surface area contributed by atoms with E-state index in [1.807, 2.05) is 12.1 Å². The van der Waals surface area contributed by atoms with Crippen LogP contribution in [0.3, 0.4) is 0 Å². The lowest BCUT2D eigenvalue weighted by Crippen LogP contribution is -2.45. The smallest absolute Gasteiger partial charge is 0.0995 e. The molecule has 1 heterocycles. The summed E-state index contributed by atoms with van der Waals surface area (Å²) in [5.41, 5.74) is 2.09. The Morgan fingerprint density at radius 3 is 2.61 bits per heavy atom. The standard InChI is InChI=1S/C15H19N3/c16-11-13-3-1-2-4-14(13)15(12-5-6-12)18-9-7-17-8-10-18/h1-4,12,15,17H,5-10H2/t15-/m1/s1. The molecule has 1 aromatic rings. The highest BCUT2D eigenvalue weighted by atomic mass is 15.2. The molecule has 3 nitrogen and oxygen atoms in total. The molecule has 1 aliphatic heterocycles. The third kappa shape index (κ3) is 2.27. The van der Waals surface area contributed by atoms with Crippen LogP contribution in [0.1, 0.15) is 30.0 Å².